The summed E-state index contributed by atoms with van der Waals surface area (Å²) in [5, 5.41) is 11.0. The molecule has 3 aromatic rings. The third-order valence-electron chi connectivity index (χ3n) is 3.65. The number of thiazole rings is 1. The zero-order valence-electron chi connectivity index (χ0n) is 13.3. The molecule has 0 radical (unpaired) electrons. The highest BCUT2D eigenvalue weighted by molar-refractivity contribution is 7.99. The summed E-state index contributed by atoms with van der Waals surface area (Å²) in [4.78, 5) is 11.8. The van der Waals surface area contributed by atoms with Gasteiger partial charge in [0.2, 0.25) is 0 Å². The van der Waals surface area contributed by atoms with Crippen LogP contribution in [0, 0.1) is 20.8 Å². The molecular weight excluding hydrogens is 328 g/mol. The molecule has 1 aromatic carbocycles. The summed E-state index contributed by atoms with van der Waals surface area (Å²) in [5.74, 6) is 0.779. The summed E-state index contributed by atoms with van der Waals surface area (Å²) in [5.41, 5.74) is 4.53. The minimum absolute atomic E-state index is 0.0962. The van der Waals surface area contributed by atoms with Crippen molar-refractivity contribution in [1.82, 2.24) is 19.3 Å². The van der Waals surface area contributed by atoms with Crippen LogP contribution in [-0.2, 0) is 6.54 Å². The molecule has 0 saturated heterocycles. The normalized spacial score (nSPS) is 11.1. The molecule has 0 aliphatic rings. The van der Waals surface area contributed by atoms with Crippen LogP contribution in [0.5, 0.6) is 0 Å². The van der Waals surface area contributed by atoms with Crippen LogP contribution in [0.15, 0.2) is 39.9 Å². The molecule has 0 N–H and O–H groups in total. The van der Waals surface area contributed by atoms with Crippen molar-refractivity contribution >= 4 is 23.1 Å². The largest absolute Gasteiger partial charge is 0.307 e. The summed E-state index contributed by atoms with van der Waals surface area (Å²) in [6.07, 6.45) is 1.74. The highest BCUT2D eigenvalue weighted by Crippen LogP contribution is 2.22. The lowest BCUT2D eigenvalue weighted by molar-refractivity contribution is 0.729. The van der Waals surface area contributed by atoms with E-state index in [2.05, 4.69) is 42.2 Å². The Kier molecular flexibility index (Phi) is 4.68. The molecule has 0 unspecified atom stereocenters. The number of rotatable bonds is 5. The van der Waals surface area contributed by atoms with Gasteiger partial charge in [0.15, 0.2) is 5.16 Å². The van der Waals surface area contributed by atoms with Crippen LogP contribution in [0.3, 0.4) is 0 Å². The van der Waals surface area contributed by atoms with Crippen molar-refractivity contribution in [1.29, 1.82) is 0 Å². The Hall–Kier alpha value is -1.86. The third-order valence-corrected chi connectivity index (χ3v) is 5.46. The molecule has 2 aromatic heterocycles. The topological polar surface area (TPSA) is 52.7 Å². The predicted octanol–water partition coefficient (Wildman–Crippen LogP) is 3.21. The van der Waals surface area contributed by atoms with Crippen molar-refractivity contribution in [3.8, 4) is 5.69 Å². The van der Waals surface area contributed by atoms with E-state index >= 15 is 0 Å². The average Bonchev–Trinajstić information content (AvgIpc) is 3.08. The number of benzene rings is 1. The number of hydrogen-bond acceptors (Lipinski definition) is 5. The van der Waals surface area contributed by atoms with E-state index in [-0.39, 0.29) is 4.87 Å². The van der Waals surface area contributed by atoms with Crippen molar-refractivity contribution in [3.05, 3.63) is 56.4 Å². The standard InChI is InChI=1S/C16H18N4OS2/c1-11-4-5-14(12(2)8-11)20-10-17-18-15(20)22-7-6-19-13(3)9-23-16(19)21/h4-5,8-10H,6-7H2,1-3H3. The lowest BCUT2D eigenvalue weighted by atomic mass is 10.1. The zero-order chi connectivity index (χ0) is 16.4. The van der Waals surface area contributed by atoms with Crippen molar-refractivity contribution in [2.75, 3.05) is 5.75 Å². The van der Waals surface area contributed by atoms with Gasteiger partial charge in [-0.3, -0.25) is 9.36 Å². The fourth-order valence-electron chi connectivity index (χ4n) is 2.47. The minimum Gasteiger partial charge on any atom is -0.303 e. The first-order valence-corrected chi connectivity index (χ1v) is 9.18. The van der Waals surface area contributed by atoms with Crippen molar-refractivity contribution in [2.45, 2.75) is 32.5 Å². The second-order valence-corrected chi connectivity index (χ2v) is 7.30. The van der Waals surface area contributed by atoms with E-state index in [9.17, 15) is 4.79 Å². The Bertz CT molecular complexity index is 878. The molecule has 0 aliphatic heterocycles. The summed E-state index contributed by atoms with van der Waals surface area (Å²) in [7, 11) is 0. The van der Waals surface area contributed by atoms with Crippen molar-refractivity contribution in [2.24, 2.45) is 0 Å². The lowest BCUT2D eigenvalue weighted by Crippen LogP contribution is -2.16. The van der Waals surface area contributed by atoms with Gasteiger partial charge in [0.1, 0.15) is 6.33 Å². The second-order valence-electron chi connectivity index (χ2n) is 5.42. The van der Waals surface area contributed by atoms with Gasteiger partial charge in [0.05, 0.1) is 5.69 Å². The van der Waals surface area contributed by atoms with Gasteiger partial charge in [-0.15, -0.1) is 10.2 Å². The Balaban J connectivity index is 1.75. The molecule has 7 heteroatoms. The van der Waals surface area contributed by atoms with Crippen LogP contribution in [0.25, 0.3) is 5.69 Å². The summed E-state index contributed by atoms with van der Waals surface area (Å²) < 4.78 is 3.80. The van der Waals surface area contributed by atoms with E-state index in [1.54, 1.807) is 22.7 Å². The van der Waals surface area contributed by atoms with Crippen LogP contribution >= 0.6 is 23.1 Å². The first-order valence-electron chi connectivity index (χ1n) is 7.31. The van der Waals surface area contributed by atoms with Crippen molar-refractivity contribution in [3.63, 3.8) is 0 Å². The SMILES string of the molecule is Cc1ccc(-n2cnnc2SCCn2c(C)csc2=O)c(C)c1. The smallest absolute Gasteiger partial charge is 0.303 e. The van der Waals surface area contributed by atoms with Crippen LogP contribution in [0.4, 0.5) is 0 Å². The Labute approximate surface area is 143 Å². The summed E-state index contributed by atoms with van der Waals surface area (Å²) in [6.45, 7) is 6.81. The van der Waals surface area contributed by atoms with Crippen molar-refractivity contribution < 1.29 is 0 Å². The zero-order valence-corrected chi connectivity index (χ0v) is 14.9. The molecule has 0 spiro atoms. The number of thioether (sulfide) groups is 1. The molecule has 0 saturated carbocycles. The predicted molar refractivity (Wildman–Crippen MR) is 94.9 cm³/mol. The number of aromatic nitrogens is 4. The highest BCUT2D eigenvalue weighted by Gasteiger charge is 2.10. The molecule has 3 rings (SSSR count). The van der Waals surface area contributed by atoms with Gasteiger partial charge in [-0.05, 0) is 32.4 Å². The van der Waals surface area contributed by atoms with E-state index in [0.29, 0.717) is 6.54 Å². The van der Waals surface area contributed by atoms with Gasteiger partial charge in [0.25, 0.3) is 0 Å². The molecular formula is C16H18N4OS2. The molecule has 2 heterocycles. The lowest BCUT2D eigenvalue weighted by Gasteiger charge is -2.10. The number of aryl methyl sites for hydroxylation is 3. The molecule has 0 fully saturated rings. The highest BCUT2D eigenvalue weighted by atomic mass is 32.2. The van der Waals surface area contributed by atoms with Gasteiger partial charge < -0.3 is 4.57 Å². The molecule has 0 bridgehead atoms. The molecule has 5 nitrogen and oxygen atoms in total. The quantitative estimate of drug-likeness (QED) is 0.666. The molecule has 0 aliphatic carbocycles. The summed E-state index contributed by atoms with van der Waals surface area (Å²) >= 11 is 2.86. The first-order chi connectivity index (χ1) is 11.1. The number of nitrogens with zero attached hydrogens (tertiary/aromatic N) is 4. The maximum absolute atomic E-state index is 11.7. The van der Waals surface area contributed by atoms with E-state index in [1.807, 2.05) is 16.9 Å². The molecule has 0 atom stereocenters. The molecule has 120 valence electrons. The maximum Gasteiger partial charge on any atom is 0.307 e. The Morgan fingerprint density at radius 3 is 2.78 bits per heavy atom. The third kappa shape index (κ3) is 3.40. The average molecular weight is 346 g/mol. The van der Waals surface area contributed by atoms with Gasteiger partial charge >= 0.3 is 4.87 Å². The van der Waals surface area contributed by atoms with Crippen LogP contribution in [-0.4, -0.2) is 25.1 Å². The second kappa shape index (κ2) is 6.72. The number of hydrogen-bond donors (Lipinski definition) is 0. The maximum atomic E-state index is 11.7. The van der Waals surface area contributed by atoms with E-state index in [0.717, 1.165) is 22.3 Å². The van der Waals surface area contributed by atoms with Crippen LogP contribution in [0.2, 0.25) is 0 Å². The van der Waals surface area contributed by atoms with Gasteiger partial charge in [-0.1, -0.05) is 40.8 Å². The fourth-order valence-corrected chi connectivity index (χ4v) is 4.07. The fraction of sp³-hybridized carbons (Fsp3) is 0.312. The monoisotopic (exact) mass is 346 g/mol. The van der Waals surface area contributed by atoms with Gasteiger partial charge in [0, 0.05) is 23.4 Å². The van der Waals surface area contributed by atoms with Gasteiger partial charge in [-0.2, -0.15) is 0 Å². The molecule has 23 heavy (non-hydrogen) atoms. The Morgan fingerprint density at radius 2 is 2.09 bits per heavy atom. The van der Waals surface area contributed by atoms with E-state index < -0.39 is 0 Å². The van der Waals surface area contributed by atoms with E-state index in [4.69, 9.17) is 0 Å². The van der Waals surface area contributed by atoms with E-state index in [1.165, 1.54) is 22.5 Å². The van der Waals surface area contributed by atoms with Gasteiger partial charge in [-0.25, -0.2) is 0 Å². The minimum atomic E-state index is 0.0962. The first kappa shape index (κ1) is 16.0. The molecule has 0 amide bonds. The van der Waals surface area contributed by atoms with Crippen LogP contribution in [0.1, 0.15) is 16.8 Å². The summed E-state index contributed by atoms with van der Waals surface area (Å²) in [6, 6.07) is 6.33. The van der Waals surface area contributed by atoms with Crippen LogP contribution < -0.4 is 4.87 Å². The Morgan fingerprint density at radius 1 is 1.26 bits per heavy atom.